The quantitative estimate of drug-likeness (QED) is 0.820. The molecule has 2 rings (SSSR count). The van der Waals surface area contributed by atoms with Gasteiger partial charge in [-0.25, -0.2) is 4.98 Å². The monoisotopic (exact) mass is 285 g/mol. The summed E-state index contributed by atoms with van der Waals surface area (Å²) in [6.45, 7) is 3.06. The average molecular weight is 285 g/mol. The van der Waals surface area contributed by atoms with Gasteiger partial charge < -0.3 is 15.8 Å². The van der Waals surface area contributed by atoms with Crippen LogP contribution in [0.15, 0.2) is 42.6 Å². The molecule has 112 valence electrons. The summed E-state index contributed by atoms with van der Waals surface area (Å²) in [6, 6.07) is 12.5. The van der Waals surface area contributed by atoms with E-state index >= 15 is 0 Å². The molecule has 1 atom stereocenters. The lowest BCUT2D eigenvalue weighted by Crippen LogP contribution is -2.33. The fourth-order valence-electron chi connectivity index (χ4n) is 2.50. The van der Waals surface area contributed by atoms with Crippen LogP contribution in [-0.4, -0.2) is 24.7 Å². The number of hydrogen-bond acceptors (Lipinski definition) is 4. The van der Waals surface area contributed by atoms with Crippen LogP contribution in [0.25, 0.3) is 0 Å². The number of rotatable bonds is 7. The third kappa shape index (κ3) is 4.76. The molecule has 1 aromatic carbocycles. The third-order valence-corrected chi connectivity index (χ3v) is 3.44. The molecule has 4 nitrogen and oxygen atoms in total. The van der Waals surface area contributed by atoms with Gasteiger partial charge in [0.2, 0.25) is 0 Å². The molecule has 0 saturated carbocycles. The number of benzene rings is 1. The number of pyridine rings is 1. The highest BCUT2D eigenvalue weighted by Gasteiger charge is 2.10. The van der Waals surface area contributed by atoms with Crippen molar-refractivity contribution in [2.75, 3.05) is 19.4 Å². The summed E-state index contributed by atoms with van der Waals surface area (Å²) in [5, 5.41) is 3.53. The third-order valence-electron chi connectivity index (χ3n) is 3.44. The molecular weight excluding hydrogens is 262 g/mol. The molecule has 3 N–H and O–H groups in total. The minimum Gasteiger partial charge on any atom is -0.497 e. The molecule has 0 saturated heterocycles. The Morgan fingerprint density at radius 3 is 2.62 bits per heavy atom. The van der Waals surface area contributed by atoms with Crippen LogP contribution in [-0.2, 0) is 12.8 Å². The van der Waals surface area contributed by atoms with Crippen LogP contribution in [0.1, 0.15) is 18.1 Å². The van der Waals surface area contributed by atoms with Gasteiger partial charge in [-0.2, -0.15) is 0 Å². The van der Waals surface area contributed by atoms with Crippen molar-refractivity contribution in [1.82, 2.24) is 10.3 Å². The summed E-state index contributed by atoms with van der Waals surface area (Å²) in [4.78, 5) is 4.04. The Labute approximate surface area is 126 Å². The highest BCUT2D eigenvalue weighted by molar-refractivity contribution is 5.33. The van der Waals surface area contributed by atoms with Gasteiger partial charge in [0.25, 0.3) is 0 Å². The first-order valence-corrected chi connectivity index (χ1v) is 7.28. The Morgan fingerprint density at radius 1 is 1.19 bits per heavy atom. The van der Waals surface area contributed by atoms with E-state index in [1.54, 1.807) is 13.3 Å². The normalized spacial score (nSPS) is 12.1. The lowest BCUT2D eigenvalue weighted by Gasteiger charge is -2.18. The van der Waals surface area contributed by atoms with Gasteiger partial charge in [0.15, 0.2) is 0 Å². The molecule has 0 bridgehead atoms. The largest absolute Gasteiger partial charge is 0.497 e. The number of nitrogens with zero attached hydrogens (tertiary/aromatic N) is 1. The SMILES string of the molecule is CCNC(Cc1cccc(OC)c1)Cc1ccnc(N)c1. The molecule has 0 fully saturated rings. The number of methoxy groups -OCH3 is 1. The fourth-order valence-corrected chi connectivity index (χ4v) is 2.50. The van der Waals surface area contributed by atoms with Crippen molar-refractivity contribution in [2.24, 2.45) is 0 Å². The van der Waals surface area contributed by atoms with Crippen LogP contribution in [0.3, 0.4) is 0 Å². The van der Waals surface area contributed by atoms with E-state index in [0.29, 0.717) is 11.9 Å². The zero-order chi connectivity index (χ0) is 15.1. The second-order valence-electron chi connectivity index (χ2n) is 5.10. The Bertz CT molecular complexity index is 571. The molecule has 0 spiro atoms. The van der Waals surface area contributed by atoms with Crippen molar-refractivity contribution >= 4 is 5.82 Å². The number of nitrogens with two attached hydrogens (primary N) is 1. The van der Waals surface area contributed by atoms with Crippen molar-refractivity contribution in [3.8, 4) is 5.75 Å². The highest BCUT2D eigenvalue weighted by Crippen LogP contribution is 2.16. The summed E-state index contributed by atoms with van der Waals surface area (Å²) >= 11 is 0. The van der Waals surface area contributed by atoms with Gasteiger partial charge in [0, 0.05) is 12.2 Å². The molecule has 0 aliphatic carbocycles. The summed E-state index contributed by atoms with van der Waals surface area (Å²) in [5.41, 5.74) is 8.22. The van der Waals surface area contributed by atoms with Crippen LogP contribution in [0.4, 0.5) is 5.82 Å². The summed E-state index contributed by atoms with van der Waals surface area (Å²) < 4.78 is 5.29. The van der Waals surface area contributed by atoms with E-state index in [4.69, 9.17) is 10.5 Å². The maximum absolute atomic E-state index is 5.75. The molecule has 21 heavy (non-hydrogen) atoms. The first kappa shape index (κ1) is 15.3. The zero-order valence-electron chi connectivity index (χ0n) is 12.7. The number of likely N-dealkylation sites (N-methyl/N-ethyl adjacent to an activating group) is 1. The Kier molecular flexibility index (Phi) is 5.58. The van der Waals surface area contributed by atoms with Crippen molar-refractivity contribution in [3.63, 3.8) is 0 Å². The van der Waals surface area contributed by atoms with E-state index in [-0.39, 0.29) is 0 Å². The second-order valence-corrected chi connectivity index (χ2v) is 5.10. The van der Waals surface area contributed by atoms with Crippen LogP contribution >= 0.6 is 0 Å². The van der Waals surface area contributed by atoms with Gasteiger partial charge in [0.1, 0.15) is 11.6 Å². The van der Waals surface area contributed by atoms with Crippen molar-refractivity contribution in [1.29, 1.82) is 0 Å². The standard InChI is InChI=1S/C17H23N3O/c1-3-19-15(10-14-7-8-20-17(18)12-14)9-13-5-4-6-16(11-13)21-2/h4-8,11-12,15,19H,3,9-10H2,1-2H3,(H2,18,20). The molecule has 1 heterocycles. The first-order chi connectivity index (χ1) is 10.2. The summed E-state index contributed by atoms with van der Waals surface area (Å²) in [7, 11) is 1.70. The second kappa shape index (κ2) is 7.64. The molecule has 0 aliphatic heterocycles. The topological polar surface area (TPSA) is 60.2 Å². The predicted octanol–water partition coefficient (Wildman–Crippen LogP) is 2.44. The van der Waals surface area contributed by atoms with E-state index in [9.17, 15) is 0 Å². The van der Waals surface area contributed by atoms with Gasteiger partial charge in [-0.3, -0.25) is 0 Å². The lowest BCUT2D eigenvalue weighted by molar-refractivity contribution is 0.413. The van der Waals surface area contributed by atoms with Crippen molar-refractivity contribution < 1.29 is 4.74 Å². The Hall–Kier alpha value is -2.07. The number of nitrogens with one attached hydrogen (secondary N) is 1. The minimum absolute atomic E-state index is 0.365. The fraction of sp³-hybridized carbons (Fsp3) is 0.353. The Balaban J connectivity index is 2.07. The van der Waals surface area contributed by atoms with Crippen LogP contribution in [0, 0.1) is 0 Å². The molecule has 0 aliphatic rings. The van der Waals surface area contributed by atoms with Crippen LogP contribution in [0.5, 0.6) is 5.75 Å². The Morgan fingerprint density at radius 2 is 1.95 bits per heavy atom. The van der Waals surface area contributed by atoms with Gasteiger partial charge in [0.05, 0.1) is 7.11 Å². The van der Waals surface area contributed by atoms with Crippen molar-refractivity contribution in [3.05, 3.63) is 53.7 Å². The first-order valence-electron chi connectivity index (χ1n) is 7.28. The lowest BCUT2D eigenvalue weighted by atomic mass is 9.99. The number of anilines is 1. The van der Waals surface area contributed by atoms with Crippen LogP contribution < -0.4 is 15.8 Å². The van der Waals surface area contributed by atoms with Gasteiger partial charge in [-0.05, 0) is 54.8 Å². The number of hydrogen-bond donors (Lipinski definition) is 2. The molecule has 2 aromatic rings. The average Bonchev–Trinajstić information content (AvgIpc) is 2.48. The zero-order valence-corrected chi connectivity index (χ0v) is 12.7. The van der Waals surface area contributed by atoms with Gasteiger partial charge in [-0.1, -0.05) is 19.1 Å². The highest BCUT2D eigenvalue weighted by atomic mass is 16.5. The number of ether oxygens (including phenoxy) is 1. The smallest absolute Gasteiger partial charge is 0.123 e. The van der Waals surface area contributed by atoms with Gasteiger partial charge >= 0.3 is 0 Å². The molecular formula is C17H23N3O. The van der Waals surface area contributed by atoms with Gasteiger partial charge in [-0.15, -0.1) is 0 Å². The number of aromatic nitrogens is 1. The van der Waals surface area contributed by atoms with E-state index in [2.05, 4.69) is 29.4 Å². The van der Waals surface area contributed by atoms with Crippen LogP contribution in [0.2, 0.25) is 0 Å². The summed E-state index contributed by atoms with van der Waals surface area (Å²) in [6.07, 6.45) is 3.64. The van der Waals surface area contributed by atoms with E-state index < -0.39 is 0 Å². The van der Waals surface area contributed by atoms with E-state index in [1.165, 1.54) is 11.1 Å². The van der Waals surface area contributed by atoms with E-state index in [1.807, 2.05) is 24.3 Å². The maximum atomic E-state index is 5.75. The molecule has 1 aromatic heterocycles. The van der Waals surface area contributed by atoms with Crippen molar-refractivity contribution in [2.45, 2.75) is 25.8 Å². The van der Waals surface area contributed by atoms with E-state index in [0.717, 1.165) is 25.1 Å². The molecule has 0 radical (unpaired) electrons. The molecule has 0 amide bonds. The minimum atomic E-state index is 0.365. The molecule has 4 heteroatoms. The predicted molar refractivity (Wildman–Crippen MR) is 86.5 cm³/mol. The summed E-state index contributed by atoms with van der Waals surface area (Å²) in [5.74, 6) is 1.47. The number of nitrogen functional groups attached to an aromatic ring is 1. The maximum Gasteiger partial charge on any atom is 0.123 e. The molecule has 1 unspecified atom stereocenters.